The zero-order chi connectivity index (χ0) is 14.0. The monoisotopic (exact) mass is 248 g/mol. The normalized spacial score (nSPS) is 8.56. The van der Waals surface area contributed by atoms with Gasteiger partial charge in [0.05, 0.1) is 23.3 Å². The smallest absolute Gasteiger partial charge is 0.423 e. The van der Waals surface area contributed by atoms with Crippen molar-refractivity contribution in [3.05, 3.63) is 29.3 Å². The maximum Gasteiger partial charge on any atom is 0.488 e. The maximum atomic E-state index is 8.80. The number of hydrogen-bond acceptors (Lipinski definition) is 6. The van der Waals surface area contributed by atoms with Gasteiger partial charge in [-0.3, -0.25) is 0 Å². The van der Waals surface area contributed by atoms with Crippen molar-refractivity contribution in [1.29, 1.82) is 10.5 Å². The number of nitriles is 2. The lowest BCUT2D eigenvalue weighted by Gasteiger charge is -1.99. The third-order valence-electron chi connectivity index (χ3n) is 1.83. The number of benzene rings is 1. The predicted octanol–water partition coefficient (Wildman–Crippen LogP) is -1.53. The quantitative estimate of drug-likeness (QED) is 0.480. The molecule has 0 aromatic heterocycles. The topological polar surface area (TPSA) is 128 Å². The minimum atomic E-state index is -1.65. The van der Waals surface area contributed by atoms with Crippen LogP contribution in [0.5, 0.6) is 0 Å². The van der Waals surface area contributed by atoms with Crippen molar-refractivity contribution in [3.63, 3.8) is 0 Å². The standard InChI is InChI=1S/C8H5BN2O2.C3H8O2/c10-4-6-1-7(5-11)3-8(2-6)9(12)13;4-2-1-3-5/h1-3,12-13H;4-5H,1-3H2. The summed E-state index contributed by atoms with van der Waals surface area (Å²) in [6, 6.07) is 7.68. The van der Waals surface area contributed by atoms with Crippen molar-refractivity contribution in [2.75, 3.05) is 13.2 Å². The molecule has 4 N–H and O–H groups in total. The van der Waals surface area contributed by atoms with Crippen LogP contribution in [0.1, 0.15) is 17.5 Å². The van der Waals surface area contributed by atoms with Gasteiger partial charge in [-0.2, -0.15) is 10.5 Å². The summed E-state index contributed by atoms with van der Waals surface area (Å²) >= 11 is 0. The van der Waals surface area contributed by atoms with Crippen LogP contribution >= 0.6 is 0 Å². The molecule has 0 saturated heterocycles. The molecule has 1 rings (SSSR count). The van der Waals surface area contributed by atoms with Gasteiger partial charge in [0.25, 0.3) is 0 Å². The molecule has 1 aromatic rings. The molecule has 0 fully saturated rings. The Hall–Kier alpha value is -1.90. The molecule has 6 nitrogen and oxygen atoms in total. The van der Waals surface area contributed by atoms with Crippen LogP contribution < -0.4 is 5.46 Å². The first kappa shape index (κ1) is 16.1. The minimum Gasteiger partial charge on any atom is -0.423 e. The van der Waals surface area contributed by atoms with Crippen molar-refractivity contribution in [2.24, 2.45) is 0 Å². The van der Waals surface area contributed by atoms with E-state index in [1.807, 2.05) is 12.1 Å². The lowest BCUT2D eigenvalue weighted by Crippen LogP contribution is -2.30. The third-order valence-corrected chi connectivity index (χ3v) is 1.83. The van der Waals surface area contributed by atoms with Crippen molar-refractivity contribution in [3.8, 4) is 12.1 Å². The molecule has 0 aliphatic heterocycles. The van der Waals surface area contributed by atoms with Gasteiger partial charge < -0.3 is 20.3 Å². The van der Waals surface area contributed by atoms with Crippen molar-refractivity contribution in [1.82, 2.24) is 0 Å². The summed E-state index contributed by atoms with van der Waals surface area (Å²) in [6.07, 6.45) is 0.500. The van der Waals surface area contributed by atoms with Crippen LogP contribution in [0.4, 0.5) is 0 Å². The van der Waals surface area contributed by atoms with E-state index in [-0.39, 0.29) is 29.8 Å². The largest absolute Gasteiger partial charge is 0.488 e. The number of rotatable bonds is 3. The van der Waals surface area contributed by atoms with E-state index in [1.54, 1.807) is 0 Å². The molecule has 1 aromatic carbocycles. The number of aliphatic hydroxyl groups is 2. The SMILES string of the molecule is N#Cc1cc(C#N)cc(B(O)O)c1.OCCCO. The molecule has 0 saturated carbocycles. The lowest BCUT2D eigenvalue weighted by molar-refractivity contribution is 0.221. The third kappa shape index (κ3) is 5.99. The highest BCUT2D eigenvalue weighted by Gasteiger charge is 2.12. The van der Waals surface area contributed by atoms with Crippen LogP contribution in [0.2, 0.25) is 0 Å². The molecule has 18 heavy (non-hydrogen) atoms. The fourth-order valence-electron chi connectivity index (χ4n) is 1.00. The van der Waals surface area contributed by atoms with E-state index >= 15 is 0 Å². The van der Waals surface area contributed by atoms with Crippen LogP contribution in [0.25, 0.3) is 0 Å². The molecule has 0 amide bonds. The number of aliphatic hydroxyl groups excluding tert-OH is 2. The highest BCUT2D eigenvalue weighted by Crippen LogP contribution is 2.00. The summed E-state index contributed by atoms with van der Waals surface area (Å²) in [4.78, 5) is 0. The van der Waals surface area contributed by atoms with E-state index < -0.39 is 7.12 Å². The highest BCUT2D eigenvalue weighted by atomic mass is 16.4. The van der Waals surface area contributed by atoms with E-state index in [1.165, 1.54) is 18.2 Å². The summed E-state index contributed by atoms with van der Waals surface area (Å²) in [5.74, 6) is 0. The summed E-state index contributed by atoms with van der Waals surface area (Å²) < 4.78 is 0. The first-order valence-corrected chi connectivity index (χ1v) is 5.12. The van der Waals surface area contributed by atoms with Gasteiger partial charge in [-0.15, -0.1) is 0 Å². The lowest BCUT2D eigenvalue weighted by atomic mass is 9.79. The molecular weight excluding hydrogens is 235 g/mol. The minimum absolute atomic E-state index is 0.0938. The maximum absolute atomic E-state index is 8.80. The Bertz CT molecular complexity index is 417. The summed E-state index contributed by atoms with van der Waals surface area (Å²) in [5.41, 5.74) is 0.625. The second-order valence-corrected chi connectivity index (χ2v) is 3.24. The van der Waals surface area contributed by atoms with Crippen LogP contribution in [-0.4, -0.2) is 40.6 Å². The van der Waals surface area contributed by atoms with Gasteiger partial charge in [0.15, 0.2) is 0 Å². The fraction of sp³-hybridized carbons (Fsp3) is 0.273. The molecule has 7 heteroatoms. The van der Waals surface area contributed by atoms with E-state index in [9.17, 15) is 0 Å². The molecule has 0 unspecified atom stereocenters. The van der Waals surface area contributed by atoms with E-state index in [0.717, 1.165) is 0 Å². The summed E-state index contributed by atoms with van der Waals surface area (Å²) in [6.45, 7) is 0.188. The molecule has 0 spiro atoms. The van der Waals surface area contributed by atoms with Gasteiger partial charge in [-0.1, -0.05) is 0 Å². The Morgan fingerprint density at radius 2 is 1.39 bits per heavy atom. The van der Waals surface area contributed by atoms with Gasteiger partial charge in [-0.25, -0.2) is 0 Å². The van der Waals surface area contributed by atoms with E-state index in [0.29, 0.717) is 6.42 Å². The molecule has 94 valence electrons. The molecule has 0 aliphatic carbocycles. The Labute approximate surface area is 105 Å². The molecular formula is C11H13BN2O4. The molecule has 0 atom stereocenters. The Morgan fingerprint density at radius 1 is 0.944 bits per heavy atom. The average Bonchev–Trinajstić information content (AvgIpc) is 2.39. The zero-order valence-corrected chi connectivity index (χ0v) is 9.61. The second kappa shape index (κ2) is 9.17. The molecule has 0 heterocycles. The van der Waals surface area contributed by atoms with Gasteiger partial charge in [0, 0.05) is 13.2 Å². The van der Waals surface area contributed by atoms with E-state index in [2.05, 4.69) is 0 Å². The average molecular weight is 248 g/mol. The number of nitrogens with zero attached hydrogens (tertiary/aromatic N) is 2. The zero-order valence-electron chi connectivity index (χ0n) is 9.61. The van der Waals surface area contributed by atoms with Gasteiger partial charge in [-0.05, 0) is 30.1 Å². The Kier molecular flexibility index (Phi) is 8.20. The van der Waals surface area contributed by atoms with Crippen LogP contribution in [0.15, 0.2) is 18.2 Å². The first-order chi connectivity index (χ1) is 8.58. The first-order valence-electron chi connectivity index (χ1n) is 5.12. The van der Waals surface area contributed by atoms with Crippen LogP contribution in [0, 0.1) is 22.7 Å². The number of hydrogen-bond donors (Lipinski definition) is 4. The summed E-state index contributed by atoms with van der Waals surface area (Å²) in [7, 11) is -1.65. The van der Waals surface area contributed by atoms with Gasteiger partial charge >= 0.3 is 7.12 Å². The van der Waals surface area contributed by atoms with Gasteiger partial charge in [0.1, 0.15) is 0 Å². The van der Waals surface area contributed by atoms with Gasteiger partial charge in [0.2, 0.25) is 0 Å². The van der Waals surface area contributed by atoms with Crippen molar-refractivity contribution >= 4 is 12.6 Å². The van der Waals surface area contributed by atoms with E-state index in [4.69, 9.17) is 30.8 Å². The van der Waals surface area contributed by atoms with Crippen LogP contribution in [-0.2, 0) is 0 Å². The summed E-state index contributed by atoms with van der Waals surface area (Å²) in [5, 5.41) is 50.5. The molecule has 0 radical (unpaired) electrons. The predicted molar refractivity (Wildman–Crippen MR) is 64.5 cm³/mol. The molecule has 0 bridgehead atoms. The van der Waals surface area contributed by atoms with Crippen molar-refractivity contribution < 1.29 is 20.3 Å². The molecule has 0 aliphatic rings. The second-order valence-electron chi connectivity index (χ2n) is 3.24. The van der Waals surface area contributed by atoms with Crippen LogP contribution in [0.3, 0.4) is 0 Å². The Balaban J connectivity index is 0.000000494. The Morgan fingerprint density at radius 3 is 1.61 bits per heavy atom. The highest BCUT2D eigenvalue weighted by molar-refractivity contribution is 6.58. The van der Waals surface area contributed by atoms with Crippen molar-refractivity contribution in [2.45, 2.75) is 6.42 Å². The fourth-order valence-corrected chi connectivity index (χ4v) is 1.00.